The number of pyridine rings is 1. The molecule has 0 aliphatic carbocycles. The van der Waals surface area contributed by atoms with E-state index in [1.165, 1.54) is 12.1 Å². The first-order valence-electron chi connectivity index (χ1n) is 6.69. The molecule has 0 saturated carbocycles. The summed E-state index contributed by atoms with van der Waals surface area (Å²) in [7, 11) is 0. The zero-order valence-electron chi connectivity index (χ0n) is 12.1. The number of rotatable bonds is 5. The van der Waals surface area contributed by atoms with Crippen molar-refractivity contribution in [3.63, 3.8) is 0 Å². The van der Waals surface area contributed by atoms with E-state index in [-0.39, 0.29) is 5.75 Å². The van der Waals surface area contributed by atoms with Gasteiger partial charge in [-0.3, -0.25) is 5.32 Å². The number of hydrogen-bond donors (Lipinski definition) is 2. The number of halogens is 3. The molecule has 0 radical (unpaired) electrons. The number of benzene rings is 1. The van der Waals surface area contributed by atoms with Crippen LogP contribution in [0.15, 0.2) is 47.1 Å². The maximum atomic E-state index is 12.2. The van der Waals surface area contributed by atoms with Gasteiger partial charge in [-0.1, -0.05) is 18.2 Å². The third-order valence-electron chi connectivity index (χ3n) is 2.89. The van der Waals surface area contributed by atoms with E-state index in [4.69, 9.17) is 0 Å². The van der Waals surface area contributed by atoms with Gasteiger partial charge in [0.25, 0.3) is 0 Å². The van der Waals surface area contributed by atoms with Crippen LogP contribution in [0.4, 0.5) is 19.4 Å². The number of nitrogens with one attached hydrogen (secondary N) is 2. The lowest BCUT2D eigenvalue weighted by Gasteiger charge is -2.16. The second kappa shape index (κ2) is 7.87. The Hall–Kier alpha value is -2.22. The summed E-state index contributed by atoms with van der Waals surface area (Å²) in [5.74, 6) is 0.430. The van der Waals surface area contributed by atoms with Crippen LogP contribution >= 0.6 is 15.9 Å². The fraction of sp³-hybridized carbons (Fsp3) is 0.200. The van der Waals surface area contributed by atoms with E-state index in [2.05, 4.69) is 36.3 Å². The SMILES string of the molecule is C[C@@H](NC(=O)Nc1cccc(Br)n1)c1cccc(OC(F)F)c1. The number of aromatic nitrogens is 1. The van der Waals surface area contributed by atoms with E-state index < -0.39 is 18.7 Å². The average Bonchev–Trinajstić information content (AvgIpc) is 2.46. The third kappa shape index (κ3) is 5.48. The first-order valence-corrected chi connectivity index (χ1v) is 7.48. The van der Waals surface area contributed by atoms with Crippen molar-refractivity contribution in [1.29, 1.82) is 0 Å². The maximum absolute atomic E-state index is 12.2. The number of amides is 2. The molecule has 2 aromatic rings. The van der Waals surface area contributed by atoms with E-state index in [0.29, 0.717) is 16.0 Å². The molecule has 122 valence electrons. The zero-order chi connectivity index (χ0) is 16.8. The topological polar surface area (TPSA) is 63.2 Å². The quantitative estimate of drug-likeness (QED) is 0.752. The van der Waals surface area contributed by atoms with Crippen LogP contribution in [-0.4, -0.2) is 17.6 Å². The highest BCUT2D eigenvalue weighted by Crippen LogP contribution is 2.20. The minimum absolute atomic E-state index is 0.0419. The molecule has 1 aromatic carbocycles. The van der Waals surface area contributed by atoms with Gasteiger partial charge in [-0.25, -0.2) is 9.78 Å². The number of carbonyl (C=O) groups is 1. The molecule has 23 heavy (non-hydrogen) atoms. The summed E-state index contributed by atoms with van der Waals surface area (Å²) in [5.41, 5.74) is 0.639. The Morgan fingerprint density at radius 3 is 2.70 bits per heavy atom. The highest BCUT2D eigenvalue weighted by Gasteiger charge is 2.12. The number of nitrogens with zero attached hydrogens (tertiary/aromatic N) is 1. The van der Waals surface area contributed by atoms with Gasteiger partial charge < -0.3 is 10.1 Å². The van der Waals surface area contributed by atoms with Gasteiger partial charge in [0, 0.05) is 0 Å². The Kier molecular flexibility index (Phi) is 5.86. The summed E-state index contributed by atoms with van der Waals surface area (Å²) < 4.78 is 29.4. The van der Waals surface area contributed by atoms with Crippen LogP contribution < -0.4 is 15.4 Å². The van der Waals surface area contributed by atoms with Gasteiger partial charge in [0.1, 0.15) is 16.2 Å². The first kappa shape index (κ1) is 17.1. The molecule has 0 aliphatic heterocycles. The number of carbonyl (C=O) groups excluding carboxylic acids is 1. The van der Waals surface area contributed by atoms with Crippen LogP contribution in [-0.2, 0) is 0 Å². The average molecular weight is 386 g/mol. The van der Waals surface area contributed by atoms with Crippen molar-refractivity contribution >= 4 is 27.8 Å². The summed E-state index contributed by atoms with van der Waals surface area (Å²) in [6.07, 6.45) is 0. The molecule has 0 aliphatic rings. The Morgan fingerprint density at radius 2 is 2.00 bits per heavy atom. The lowest BCUT2D eigenvalue weighted by atomic mass is 10.1. The summed E-state index contributed by atoms with van der Waals surface area (Å²) in [5, 5.41) is 5.28. The second-order valence-corrected chi connectivity index (χ2v) is 5.43. The summed E-state index contributed by atoms with van der Waals surface area (Å²) >= 11 is 3.21. The monoisotopic (exact) mass is 385 g/mol. The molecule has 0 unspecified atom stereocenters. The summed E-state index contributed by atoms with van der Waals surface area (Å²) in [4.78, 5) is 16.0. The number of ether oxygens (including phenoxy) is 1. The Morgan fingerprint density at radius 1 is 1.26 bits per heavy atom. The van der Waals surface area contributed by atoms with Gasteiger partial charge >= 0.3 is 12.6 Å². The highest BCUT2D eigenvalue weighted by atomic mass is 79.9. The van der Waals surface area contributed by atoms with E-state index in [1.807, 2.05) is 0 Å². The summed E-state index contributed by atoms with van der Waals surface area (Å²) in [6, 6.07) is 10.4. The Balaban J connectivity index is 1.98. The molecule has 0 fully saturated rings. The molecule has 1 aromatic heterocycles. The van der Waals surface area contributed by atoms with Crippen LogP contribution in [0.2, 0.25) is 0 Å². The Labute approximate surface area is 140 Å². The van der Waals surface area contributed by atoms with Gasteiger partial charge in [0.05, 0.1) is 6.04 Å². The van der Waals surface area contributed by atoms with Crippen LogP contribution in [0.1, 0.15) is 18.5 Å². The van der Waals surface area contributed by atoms with Crippen molar-refractivity contribution in [2.75, 3.05) is 5.32 Å². The van der Waals surface area contributed by atoms with E-state index >= 15 is 0 Å². The Bertz CT molecular complexity index is 685. The standard InChI is InChI=1S/C15H14BrF2N3O2/c1-9(10-4-2-5-11(8-10)23-14(17)18)19-15(22)21-13-7-3-6-12(16)20-13/h2-9,14H,1H3,(H2,19,20,21,22)/t9-/m1/s1. The number of hydrogen-bond acceptors (Lipinski definition) is 3. The van der Waals surface area contributed by atoms with E-state index in [1.54, 1.807) is 37.3 Å². The molecule has 8 heteroatoms. The van der Waals surface area contributed by atoms with Gasteiger partial charge in [0.2, 0.25) is 0 Å². The largest absolute Gasteiger partial charge is 0.435 e. The molecular weight excluding hydrogens is 372 g/mol. The molecule has 1 heterocycles. The lowest BCUT2D eigenvalue weighted by molar-refractivity contribution is -0.0499. The predicted octanol–water partition coefficient (Wildman–Crippen LogP) is 4.33. The number of urea groups is 1. The van der Waals surface area contributed by atoms with Crippen molar-refractivity contribution in [3.05, 3.63) is 52.6 Å². The van der Waals surface area contributed by atoms with Crippen LogP contribution in [0, 0.1) is 0 Å². The van der Waals surface area contributed by atoms with E-state index in [9.17, 15) is 13.6 Å². The van der Waals surface area contributed by atoms with Crippen molar-refractivity contribution in [2.24, 2.45) is 0 Å². The molecule has 0 saturated heterocycles. The molecule has 2 N–H and O–H groups in total. The van der Waals surface area contributed by atoms with Crippen LogP contribution in [0.3, 0.4) is 0 Å². The fourth-order valence-corrected chi connectivity index (χ4v) is 2.21. The predicted molar refractivity (Wildman–Crippen MR) is 85.6 cm³/mol. The summed E-state index contributed by atoms with van der Waals surface area (Å²) in [6.45, 7) is -1.16. The third-order valence-corrected chi connectivity index (χ3v) is 3.33. The van der Waals surface area contributed by atoms with Gasteiger partial charge in [-0.2, -0.15) is 8.78 Å². The van der Waals surface area contributed by atoms with Gasteiger partial charge in [-0.15, -0.1) is 0 Å². The highest BCUT2D eigenvalue weighted by molar-refractivity contribution is 9.10. The van der Waals surface area contributed by atoms with E-state index in [0.717, 1.165) is 0 Å². The molecule has 5 nitrogen and oxygen atoms in total. The molecule has 1 atom stereocenters. The van der Waals surface area contributed by atoms with Crippen molar-refractivity contribution in [2.45, 2.75) is 19.6 Å². The van der Waals surface area contributed by atoms with Crippen LogP contribution in [0.25, 0.3) is 0 Å². The number of anilines is 1. The van der Waals surface area contributed by atoms with Crippen LogP contribution in [0.5, 0.6) is 5.75 Å². The smallest absolute Gasteiger partial charge is 0.387 e. The minimum Gasteiger partial charge on any atom is -0.435 e. The molecule has 0 bridgehead atoms. The maximum Gasteiger partial charge on any atom is 0.387 e. The van der Waals surface area contributed by atoms with Gasteiger partial charge in [0.15, 0.2) is 0 Å². The normalized spacial score (nSPS) is 11.9. The molecule has 0 spiro atoms. The fourth-order valence-electron chi connectivity index (χ4n) is 1.87. The van der Waals surface area contributed by atoms with Crippen molar-refractivity contribution in [1.82, 2.24) is 10.3 Å². The van der Waals surface area contributed by atoms with Crippen molar-refractivity contribution in [3.8, 4) is 5.75 Å². The molecule has 2 rings (SSSR count). The second-order valence-electron chi connectivity index (χ2n) is 4.62. The minimum atomic E-state index is -2.89. The van der Waals surface area contributed by atoms with Crippen molar-refractivity contribution < 1.29 is 18.3 Å². The first-order chi connectivity index (χ1) is 10.9. The van der Waals surface area contributed by atoms with Gasteiger partial charge in [-0.05, 0) is 52.7 Å². The number of alkyl halides is 2. The zero-order valence-corrected chi connectivity index (χ0v) is 13.7. The lowest BCUT2D eigenvalue weighted by Crippen LogP contribution is -2.31. The molecular formula is C15H14BrF2N3O2. The molecule has 2 amide bonds.